The van der Waals surface area contributed by atoms with Crippen molar-refractivity contribution in [2.75, 3.05) is 13.1 Å². The molecule has 0 spiro atoms. The minimum Gasteiger partial charge on any atom is -0.315 e. The summed E-state index contributed by atoms with van der Waals surface area (Å²) in [4.78, 5) is 0. The summed E-state index contributed by atoms with van der Waals surface area (Å²) >= 11 is 0. The molecule has 0 radical (unpaired) electrons. The van der Waals surface area contributed by atoms with Crippen molar-refractivity contribution in [1.29, 1.82) is 0 Å². The van der Waals surface area contributed by atoms with Gasteiger partial charge in [-0.2, -0.15) is 0 Å². The first kappa shape index (κ1) is 10.1. The molecule has 2 heteroatoms. The van der Waals surface area contributed by atoms with E-state index in [0.717, 1.165) is 6.54 Å². The molecule has 2 aliphatic rings. The Hall–Kier alpha value is -1.12. The molecule has 1 saturated heterocycles. The highest BCUT2D eigenvalue weighted by Gasteiger charge is 2.21. The first-order valence-electron chi connectivity index (χ1n) is 6.17. The summed E-state index contributed by atoms with van der Waals surface area (Å²) in [5.41, 5.74) is 2.79. The lowest BCUT2D eigenvalue weighted by molar-refractivity contribution is 0.374. The second kappa shape index (κ2) is 4.40. The molecule has 0 aromatic heterocycles. The highest BCUT2D eigenvalue weighted by atomic mass is 15.0. The fourth-order valence-electron chi connectivity index (χ4n) is 2.64. The van der Waals surface area contributed by atoms with Gasteiger partial charge in [0.15, 0.2) is 0 Å². The summed E-state index contributed by atoms with van der Waals surface area (Å²) in [5.74, 6) is 0. The molecule has 1 aliphatic heterocycles. The number of hydrogen-bond donors (Lipinski definition) is 2. The third-order valence-corrected chi connectivity index (χ3v) is 3.51. The van der Waals surface area contributed by atoms with Crippen LogP contribution in [0.25, 0.3) is 6.08 Å². The molecule has 16 heavy (non-hydrogen) atoms. The number of hydrogen-bond acceptors (Lipinski definition) is 2. The first-order valence-corrected chi connectivity index (χ1v) is 6.17. The average Bonchev–Trinajstić information content (AvgIpc) is 2.74. The van der Waals surface area contributed by atoms with Gasteiger partial charge in [0, 0.05) is 12.6 Å². The predicted molar refractivity (Wildman–Crippen MR) is 67.2 cm³/mol. The summed E-state index contributed by atoms with van der Waals surface area (Å²) in [7, 11) is 0. The van der Waals surface area contributed by atoms with Gasteiger partial charge in [-0.3, -0.25) is 0 Å². The zero-order chi connectivity index (χ0) is 10.8. The maximum Gasteiger partial charge on any atom is 0.0518 e. The fourth-order valence-corrected chi connectivity index (χ4v) is 2.64. The first-order chi connectivity index (χ1) is 7.93. The Bertz CT molecular complexity index is 391. The molecule has 0 bridgehead atoms. The molecule has 2 N–H and O–H groups in total. The summed E-state index contributed by atoms with van der Waals surface area (Å²) in [6, 6.07) is 9.68. The zero-order valence-corrected chi connectivity index (χ0v) is 9.45. The molecule has 84 valence electrons. The van der Waals surface area contributed by atoms with Crippen LogP contribution in [-0.2, 0) is 0 Å². The van der Waals surface area contributed by atoms with Crippen molar-refractivity contribution in [1.82, 2.24) is 10.6 Å². The SMILES string of the molecule is C1=CC(N[C@@H]2CCCNC2)c2ccccc21. The smallest absolute Gasteiger partial charge is 0.0518 e. The van der Waals surface area contributed by atoms with Crippen LogP contribution >= 0.6 is 0 Å². The van der Waals surface area contributed by atoms with E-state index in [9.17, 15) is 0 Å². The Labute approximate surface area is 96.7 Å². The van der Waals surface area contributed by atoms with Gasteiger partial charge < -0.3 is 10.6 Å². The van der Waals surface area contributed by atoms with Crippen LogP contribution < -0.4 is 10.6 Å². The summed E-state index contributed by atoms with van der Waals surface area (Å²) in [6.45, 7) is 2.28. The van der Waals surface area contributed by atoms with E-state index in [4.69, 9.17) is 0 Å². The van der Waals surface area contributed by atoms with Crippen LogP contribution in [0.2, 0.25) is 0 Å². The molecule has 0 amide bonds. The molecule has 2 nitrogen and oxygen atoms in total. The van der Waals surface area contributed by atoms with Gasteiger partial charge in [-0.1, -0.05) is 36.4 Å². The van der Waals surface area contributed by atoms with Crippen LogP contribution in [0.1, 0.15) is 30.0 Å². The molecule has 1 heterocycles. The van der Waals surface area contributed by atoms with E-state index in [1.54, 1.807) is 0 Å². The van der Waals surface area contributed by atoms with Crippen molar-refractivity contribution in [3.05, 3.63) is 41.5 Å². The maximum atomic E-state index is 3.72. The lowest BCUT2D eigenvalue weighted by Crippen LogP contribution is -2.43. The number of benzene rings is 1. The van der Waals surface area contributed by atoms with Crippen molar-refractivity contribution >= 4 is 6.08 Å². The molecule has 1 aromatic carbocycles. The van der Waals surface area contributed by atoms with Gasteiger partial charge in [-0.25, -0.2) is 0 Å². The second-order valence-electron chi connectivity index (χ2n) is 4.68. The van der Waals surface area contributed by atoms with Gasteiger partial charge >= 0.3 is 0 Å². The van der Waals surface area contributed by atoms with Crippen LogP contribution in [0.4, 0.5) is 0 Å². The molecule has 1 aliphatic carbocycles. The molecular weight excluding hydrogens is 196 g/mol. The zero-order valence-electron chi connectivity index (χ0n) is 9.45. The van der Waals surface area contributed by atoms with E-state index in [1.165, 1.54) is 30.5 Å². The number of rotatable bonds is 2. The molecule has 1 unspecified atom stereocenters. The highest BCUT2D eigenvalue weighted by Crippen LogP contribution is 2.28. The van der Waals surface area contributed by atoms with E-state index in [2.05, 4.69) is 47.1 Å². The molecule has 2 atom stereocenters. The Morgan fingerprint density at radius 1 is 1.25 bits per heavy atom. The predicted octanol–water partition coefficient (Wildman–Crippen LogP) is 2.10. The van der Waals surface area contributed by atoms with E-state index in [-0.39, 0.29) is 0 Å². The van der Waals surface area contributed by atoms with Crippen molar-refractivity contribution in [3.63, 3.8) is 0 Å². The van der Waals surface area contributed by atoms with Gasteiger partial charge in [-0.15, -0.1) is 0 Å². The van der Waals surface area contributed by atoms with E-state index >= 15 is 0 Å². The standard InChI is InChI=1S/C14H18N2/c1-2-6-13-11(4-1)7-8-14(13)16-12-5-3-9-15-10-12/h1-2,4,6-8,12,14-16H,3,5,9-10H2/t12-,14?/m1/s1. The third-order valence-electron chi connectivity index (χ3n) is 3.51. The molecular formula is C14H18N2. The molecule has 0 saturated carbocycles. The van der Waals surface area contributed by atoms with Crippen LogP contribution in [0.15, 0.2) is 30.3 Å². The molecule has 1 fully saturated rings. The third kappa shape index (κ3) is 1.91. The lowest BCUT2D eigenvalue weighted by Gasteiger charge is -2.27. The van der Waals surface area contributed by atoms with Gasteiger partial charge in [0.25, 0.3) is 0 Å². The highest BCUT2D eigenvalue weighted by molar-refractivity contribution is 5.61. The monoisotopic (exact) mass is 214 g/mol. The fraction of sp³-hybridized carbons (Fsp3) is 0.429. The van der Waals surface area contributed by atoms with Gasteiger partial charge in [0.1, 0.15) is 0 Å². The van der Waals surface area contributed by atoms with Gasteiger partial charge in [0.2, 0.25) is 0 Å². The van der Waals surface area contributed by atoms with Crippen molar-refractivity contribution in [2.45, 2.75) is 24.9 Å². The van der Waals surface area contributed by atoms with Crippen molar-refractivity contribution in [3.8, 4) is 0 Å². The molecule has 1 aromatic rings. The second-order valence-corrected chi connectivity index (χ2v) is 4.68. The van der Waals surface area contributed by atoms with Crippen molar-refractivity contribution < 1.29 is 0 Å². The van der Waals surface area contributed by atoms with Crippen LogP contribution in [0, 0.1) is 0 Å². The van der Waals surface area contributed by atoms with E-state index < -0.39 is 0 Å². The number of fused-ring (bicyclic) bond motifs is 1. The largest absolute Gasteiger partial charge is 0.315 e. The Morgan fingerprint density at radius 3 is 3.06 bits per heavy atom. The Balaban J connectivity index is 1.70. The normalized spacial score (nSPS) is 28.0. The van der Waals surface area contributed by atoms with E-state index in [1.807, 2.05) is 0 Å². The average molecular weight is 214 g/mol. The van der Waals surface area contributed by atoms with Crippen LogP contribution in [0.5, 0.6) is 0 Å². The summed E-state index contributed by atoms with van der Waals surface area (Å²) in [5, 5.41) is 7.17. The lowest BCUT2D eigenvalue weighted by atomic mass is 10.0. The topological polar surface area (TPSA) is 24.1 Å². The number of piperidine rings is 1. The number of nitrogens with one attached hydrogen (secondary N) is 2. The van der Waals surface area contributed by atoms with Gasteiger partial charge in [0.05, 0.1) is 6.04 Å². The van der Waals surface area contributed by atoms with Crippen molar-refractivity contribution in [2.24, 2.45) is 0 Å². The molecule has 3 rings (SSSR count). The Kier molecular flexibility index (Phi) is 2.77. The van der Waals surface area contributed by atoms with Gasteiger partial charge in [-0.05, 0) is 30.5 Å². The summed E-state index contributed by atoms with van der Waals surface area (Å²) < 4.78 is 0. The quantitative estimate of drug-likeness (QED) is 0.787. The van der Waals surface area contributed by atoms with E-state index in [0.29, 0.717) is 12.1 Å². The summed E-state index contributed by atoms with van der Waals surface area (Å²) in [6.07, 6.45) is 7.08. The van der Waals surface area contributed by atoms with Crippen LogP contribution in [-0.4, -0.2) is 19.1 Å². The van der Waals surface area contributed by atoms with Crippen LogP contribution in [0.3, 0.4) is 0 Å². The minimum atomic E-state index is 0.418. The maximum absolute atomic E-state index is 3.72. The minimum absolute atomic E-state index is 0.418. The Morgan fingerprint density at radius 2 is 2.19 bits per heavy atom.